The van der Waals surface area contributed by atoms with E-state index in [9.17, 15) is 13.2 Å². The molecule has 0 aliphatic rings. The summed E-state index contributed by atoms with van der Waals surface area (Å²) in [5, 5.41) is 8.87. The molecule has 0 heterocycles. The maximum Gasteiger partial charge on any atom is 0.318 e. The van der Waals surface area contributed by atoms with Crippen LogP contribution in [0.15, 0.2) is 23.1 Å². The van der Waals surface area contributed by atoms with Gasteiger partial charge in [-0.1, -0.05) is 0 Å². The highest BCUT2D eigenvalue weighted by atomic mass is 32.2. The number of aryl methyl sites for hydroxylation is 1. The Hall–Kier alpha value is -1.60. The number of hydrogen-bond donors (Lipinski definition) is 1. The minimum absolute atomic E-state index is 0.0910. The van der Waals surface area contributed by atoms with Crippen molar-refractivity contribution >= 4 is 16.0 Å². The molecule has 1 rings (SSSR count). The van der Waals surface area contributed by atoms with Crippen molar-refractivity contribution in [3.63, 3.8) is 0 Å². The first kappa shape index (κ1) is 16.5. The molecule has 0 aliphatic heterocycles. The summed E-state index contributed by atoms with van der Waals surface area (Å²) in [6.45, 7) is 4.36. The van der Waals surface area contributed by atoms with Crippen LogP contribution in [0.1, 0.15) is 19.4 Å². The van der Waals surface area contributed by atoms with Crippen molar-refractivity contribution < 1.29 is 23.1 Å². The van der Waals surface area contributed by atoms with Gasteiger partial charge in [0.15, 0.2) is 0 Å². The Balaban J connectivity index is 3.29. The fourth-order valence-corrected chi connectivity index (χ4v) is 3.64. The lowest BCUT2D eigenvalue weighted by atomic mass is 10.2. The average Bonchev–Trinajstić information content (AvgIpc) is 2.34. The fraction of sp³-hybridized carbons (Fsp3) is 0.462. The third kappa shape index (κ3) is 3.49. The Kier molecular flexibility index (Phi) is 5.13. The molecule has 20 heavy (non-hydrogen) atoms. The highest BCUT2D eigenvalue weighted by Crippen LogP contribution is 2.25. The number of carboxylic acids is 1. The summed E-state index contributed by atoms with van der Waals surface area (Å²) in [7, 11) is -2.36. The van der Waals surface area contributed by atoms with Crippen LogP contribution in [0.4, 0.5) is 0 Å². The molecular weight excluding hydrogens is 282 g/mol. The molecule has 1 aromatic rings. The van der Waals surface area contributed by atoms with Gasteiger partial charge in [-0.3, -0.25) is 4.79 Å². The van der Waals surface area contributed by atoms with E-state index in [0.29, 0.717) is 11.3 Å². The fourth-order valence-electron chi connectivity index (χ4n) is 1.84. The average molecular weight is 301 g/mol. The summed E-state index contributed by atoms with van der Waals surface area (Å²) in [5.41, 5.74) is 0.514. The number of carboxylic acid groups (broad SMARTS) is 1. The molecule has 0 aromatic heterocycles. The van der Waals surface area contributed by atoms with Gasteiger partial charge in [0, 0.05) is 6.04 Å². The lowest BCUT2D eigenvalue weighted by molar-refractivity contribution is -0.137. The van der Waals surface area contributed by atoms with Crippen molar-refractivity contribution in [2.75, 3.05) is 13.7 Å². The van der Waals surface area contributed by atoms with Gasteiger partial charge in [0.25, 0.3) is 0 Å². The summed E-state index contributed by atoms with van der Waals surface area (Å²) < 4.78 is 31.1. The summed E-state index contributed by atoms with van der Waals surface area (Å²) in [6.07, 6.45) is 0. The van der Waals surface area contributed by atoms with Crippen LogP contribution in [-0.2, 0) is 14.8 Å². The zero-order chi connectivity index (χ0) is 15.5. The van der Waals surface area contributed by atoms with Crippen molar-refractivity contribution in [2.45, 2.75) is 31.7 Å². The normalized spacial score (nSPS) is 11.9. The van der Waals surface area contributed by atoms with E-state index in [0.717, 1.165) is 4.31 Å². The van der Waals surface area contributed by atoms with E-state index in [1.54, 1.807) is 32.9 Å². The van der Waals surface area contributed by atoms with Gasteiger partial charge in [0.05, 0.1) is 12.0 Å². The first-order valence-corrected chi connectivity index (χ1v) is 7.52. The number of ether oxygens (including phenoxy) is 1. The van der Waals surface area contributed by atoms with Gasteiger partial charge in [0.1, 0.15) is 12.3 Å². The number of hydrogen-bond acceptors (Lipinski definition) is 4. The van der Waals surface area contributed by atoms with Crippen LogP contribution in [-0.4, -0.2) is 43.5 Å². The standard InChI is InChI=1S/C13H19NO5S/c1-9(2)14(8-13(15)16)20(17,18)12-6-5-11(19-4)7-10(12)3/h5-7,9H,8H2,1-4H3,(H,15,16). The van der Waals surface area contributed by atoms with E-state index in [1.165, 1.54) is 13.2 Å². The monoisotopic (exact) mass is 301 g/mol. The van der Waals surface area contributed by atoms with Gasteiger partial charge in [-0.05, 0) is 44.5 Å². The topological polar surface area (TPSA) is 83.9 Å². The van der Waals surface area contributed by atoms with Crippen LogP contribution in [0, 0.1) is 6.92 Å². The highest BCUT2D eigenvalue weighted by molar-refractivity contribution is 7.89. The second-order valence-corrected chi connectivity index (χ2v) is 6.53. The zero-order valence-corrected chi connectivity index (χ0v) is 12.8. The quantitative estimate of drug-likeness (QED) is 0.860. The predicted molar refractivity (Wildman–Crippen MR) is 74.4 cm³/mol. The molecule has 6 nitrogen and oxygen atoms in total. The summed E-state index contributed by atoms with van der Waals surface area (Å²) in [6, 6.07) is 4.13. The Morgan fingerprint density at radius 2 is 2.00 bits per heavy atom. The molecule has 1 N–H and O–H groups in total. The molecule has 0 atom stereocenters. The highest BCUT2D eigenvalue weighted by Gasteiger charge is 2.30. The predicted octanol–water partition coefficient (Wildman–Crippen LogP) is 1.49. The van der Waals surface area contributed by atoms with Crippen molar-refractivity contribution in [1.82, 2.24) is 4.31 Å². The maximum absolute atomic E-state index is 12.6. The van der Waals surface area contributed by atoms with Gasteiger partial charge in [-0.25, -0.2) is 8.42 Å². The van der Waals surface area contributed by atoms with E-state index < -0.39 is 28.6 Å². The maximum atomic E-state index is 12.6. The molecule has 0 bridgehead atoms. The smallest absolute Gasteiger partial charge is 0.318 e. The molecule has 0 unspecified atom stereocenters. The Labute approximate surface area is 119 Å². The number of sulfonamides is 1. The second-order valence-electron chi connectivity index (χ2n) is 4.67. The molecule has 0 radical (unpaired) electrons. The number of aliphatic carboxylic acids is 1. The summed E-state index contributed by atoms with van der Waals surface area (Å²) in [5.74, 6) is -0.635. The van der Waals surface area contributed by atoms with Crippen LogP contribution in [0.2, 0.25) is 0 Å². The van der Waals surface area contributed by atoms with E-state index in [1.807, 2.05) is 0 Å². The second kappa shape index (κ2) is 6.23. The molecule has 112 valence electrons. The summed E-state index contributed by atoms with van der Waals surface area (Å²) in [4.78, 5) is 10.9. The molecule has 0 saturated heterocycles. The Morgan fingerprint density at radius 3 is 2.40 bits per heavy atom. The molecule has 0 aliphatic carbocycles. The molecule has 0 saturated carbocycles. The molecule has 7 heteroatoms. The largest absolute Gasteiger partial charge is 0.497 e. The van der Waals surface area contributed by atoms with Crippen LogP contribution in [0.3, 0.4) is 0 Å². The molecular formula is C13H19NO5S. The van der Waals surface area contributed by atoms with E-state index in [-0.39, 0.29) is 4.90 Å². The number of benzene rings is 1. The van der Waals surface area contributed by atoms with Crippen LogP contribution in [0.5, 0.6) is 5.75 Å². The van der Waals surface area contributed by atoms with Crippen molar-refractivity contribution in [3.8, 4) is 5.75 Å². The van der Waals surface area contributed by atoms with E-state index >= 15 is 0 Å². The molecule has 0 spiro atoms. The lowest BCUT2D eigenvalue weighted by Gasteiger charge is -2.25. The van der Waals surface area contributed by atoms with Gasteiger partial charge in [-0.2, -0.15) is 4.31 Å². The molecule has 0 amide bonds. The molecule has 0 fully saturated rings. The van der Waals surface area contributed by atoms with Crippen LogP contribution < -0.4 is 4.74 Å². The molecule has 1 aromatic carbocycles. The number of methoxy groups -OCH3 is 1. The van der Waals surface area contributed by atoms with Crippen LogP contribution >= 0.6 is 0 Å². The van der Waals surface area contributed by atoms with Gasteiger partial charge < -0.3 is 9.84 Å². The Morgan fingerprint density at radius 1 is 1.40 bits per heavy atom. The third-order valence-corrected chi connectivity index (χ3v) is 5.02. The number of carbonyl (C=O) groups is 1. The Bertz CT molecular complexity index is 595. The van der Waals surface area contributed by atoms with E-state index in [4.69, 9.17) is 9.84 Å². The SMILES string of the molecule is COc1ccc(S(=O)(=O)N(CC(=O)O)C(C)C)c(C)c1. The third-order valence-electron chi connectivity index (χ3n) is 2.84. The number of rotatable bonds is 6. The zero-order valence-electron chi connectivity index (χ0n) is 12.0. The minimum atomic E-state index is -3.85. The van der Waals surface area contributed by atoms with Crippen molar-refractivity contribution in [1.29, 1.82) is 0 Å². The first-order valence-electron chi connectivity index (χ1n) is 6.08. The van der Waals surface area contributed by atoms with Gasteiger partial charge >= 0.3 is 5.97 Å². The van der Waals surface area contributed by atoms with Crippen LogP contribution in [0.25, 0.3) is 0 Å². The van der Waals surface area contributed by atoms with Crippen molar-refractivity contribution in [2.24, 2.45) is 0 Å². The number of nitrogens with zero attached hydrogens (tertiary/aromatic N) is 1. The summed E-state index contributed by atoms with van der Waals surface area (Å²) >= 11 is 0. The van der Waals surface area contributed by atoms with E-state index in [2.05, 4.69) is 0 Å². The van der Waals surface area contributed by atoms with Crippen molar-refractivity contribution in [3.05, 3.63) is 23.8 Å². The lowest BCUT2D eigenvalue weighted by Crippen LogP contribution is -2.40. The van der Waals surface area contributed by atoms with Gasteiger partial charge in [-0.15, -0.1) is 0 Å². The first-order chi connectivity index (χ1) is 9.20. The minimum Gasteiger partial charge on any atom is -0.497 e. The van der Waals surface area contributed by atoms with Gasteiger partial charge in [0.2, 0.25) is 10.0 Å².